The summed E-state index contributed by atoms with van der Waals surface area (Å²) in [5.41, 5.74) is 1.89. The summed E-state index contributed by atoms with van der Waals surface area (Å²) in [5.74, 6) is -0.334. The first-order chi connectivity index (χ1) is 9.16. The van der Waals surface area contributed by atoms with Gasteiger partial charge in [0.05, 0.1) is 10.6 Å². The highest BCUT2D eigenvalue weighted by Crippen LogP contribution is 2.24. The maximum atomic E-state index is 13.4. The molecule has 0 fully saturated rings. The summed E-state index contributed by atoms with van der Waals surface area (Å²) >= 11 is 3.11. The lowest BCUT2D eigenvalue weighted by molar-refractivity contribution is 0.164. The topological polar surface area (TPSA) is 20.2 Å². The summed E-state index contributed by atoms with van der Waals surface area (Å²) in [4.78, 5) is 0. The largest absolute Gasteiger partial charge is 0.388 e. The van der Waals surface area contributed by atoms with E-state index < -0.39 is 6.10 Å². The number of aliphatic hydroxyl groups is 1. The van der Waals surface area contributed by atoms with Gasteiger partial charge in [-0.25, -0.2) is 4.39 Å². The normalized spacial score (nSPS) is 12.4. The molecular formula is C16H16BrFO. The molecule has 0 saturated heterocycles. The van der Waals surface area contributed by atoms with Gasteiger partial charge in [-0.3, -0.25) is 0 Å². The lowest BCUT2D eigenvalue weighted by Gasteiger charge is -2.11. The van der Waals surface area contributed by atoms with E-state index in [1.54, 1.807) is 12.1 Å². The van der Waals surface area contributed by atoms with Crippen LogP contribution in [0.25, 0.3) is 0 Å². The Bertz CT molecular complexity index is 528. The Morgan fingerprint density at radius 2 is 1.84 bits per heavy atom. The van der Waals surface area contributed by atoms with Gasteiger partial charge in [0.15, 0.2) is 0 Å². The van der Waals surface area contributed by atoms with Crippen LogP contribution in [0.2, 0.25) is 0 Å². The van der Waals surface area contributed by atoms with E-state index in [1.165, 1.54) is 11.6 Å². The van der Waals surface area contributed by atoms with E-state index in [2.05, 4.69) is 28.1 Å². The van der Waals surface area contributed by atoms with E-state index >= 15 is 0 Å². The first-order valence-electron chi connectivity index (χ1n) is 6.34. The molecule has 1 nitrogen and oxygen atoms in total. The third kappa shape index (κ3) is 4.15. The summed E-state index contributed by atoms with van der Waals surface area (Å²) in [6.45, 7) is 0. The number of halogens is 2. The molecule has 0 heterocycles. The second kappa shape index (κ2) is 6.83. The zero-order valence-electron chi connectivity index (χ0n) is 10.5. The highest BCUT2D eigenvalue weighted by Gasteiger charge is 2.09. The van der Waals surface area contributed by atoms with Crippen molar-refractivity contribution < 1.29 is 9.50 Å². The van der Waals surface area contributed by atoms with Gasteiger partial charge in [-0.2, -0.15) is 0 Å². The number of aryl methyl sites for hydroxylation is 1. The Kier molecular flexibility index (Phi) is 5.11. The standard InChI is InChI=1S/C16H16BrFO/c17-14-10-9-13(11-15(14)18)16(19)8-4-7-12-5-2-1-3-6-12/h1-3,5-6,9-11,16,19H,4,7-8H2. The van der Waals surface area contributed by atoms with Crippen LogP contribution in [-0.2, 0) is 6.42 Å². The first kappa shape index (κ1) is 14.2. The number of rotatable bonds is 5. The van der Waals surface area contributed by atoms with E-state index in [9.17, 15) is 9.50 Å². The molecule has 0 saturated carbocycles. The van der Waals surface area contributed by atoms with Gasteiger partial charge in [-0.05, 0) is 58.5 Å². The second-order valence-corrected chi connectivity index (χ2v) is 5.42. The van der Waals surface area contributed by atoms with Crippen molar-refractivity contribution in [2.75, 3.05) is 0 Å². The van der Waals surface area contributed by atoms with Crippen LogP contribution in [0.4, 0.5) is 4.39 Å². The van der Waals surface area contributed by atoms with Gasteiger partial charge in [0.2, 0.25) is 0 Å². The fourth-order valence-electron chi connectivity index (χ4n) is 2.03. The minimum Gasteiger partial charge on any atom is -0.388 e. The molecular weight excluding hydrogens is 307 g/mol. The van der Waals surface area contributed by atoms with Gasteiger partial charge in [0.1, 0.15) is 5.82 Å². The Hall–Kier alpha value is -1.19. The van der Waals surface area contributed by atoms with Crippen LogP contribution in [0.15, 0.2) is 53.0 Å². The molecule has 3 heteroatoms. The molecule has 0 aliphatic carbocycles. The molecule has 0 bridgehead atoms. The zero-order chi connectivity index (χ0) is 13.7. The third-order valence-electron chi connectivity index (χ3n) is 3.11. The van der Waals surface area contributed by atoms with Crippen LogP contribution in [0.5, 0.6) is 0 Å². The van der Waals surface area contributed by atoms with Crippen molar-refractivity contribution >= 4 is 15.9 Å². The third-order valence-corrected chi connectivity index (χ3v) is 3.76. The molecule has 0 aromatic heterocycles. The molecule has 2 aromatic carbocycles. The number of hydrogen-bond donors (Lipinski definition) is 1. The molecule has 1 unspecified atom stereocenters. The zero-order valence-corrected chi connectivity index (χ0v) is 12.1. The predicted molar refractivity (Wildman–Crippen MR) is 78.4 cm³/mol. The summed E-state index contributed by atoms with van der Waals surface area (Å²) in [6, 6.07) is 14.9. The van der Waals surface area contributed by atoms with Gasteiger partial charge < -0.3 is 5.11 Å². The van der Waals surface area contributed by atoms with Crippen molar-refractivity contribution in [3.05, 3.63) is 69.9 Å². The van der Waals surface area contributed by atoms with Crippen LogP contribution in [0.1, 0.15) is 30.1 Å². The molecule has 2 aromatic rings. The Labute approximate surface area is 121 Å². The maximum absolute atomic E-state index is 13.4. The SMILES string of the molecule is OC(CCCc1ccccc1)c1ccc(Br)c(F)c1. The summed E-state index contributed by atoms with van der Waals surface area (Å²) in [5, 5.41) is 10.0. The van der Waals surface area contributed by atoms with Crippen molar-refractivity contribution in [3.63, 3.8) is 0 Å². The van der Waals surface area contributed by atoms with Gasteiger partial charge in [-0.1, -0.05) is 36.4 Å². The van der Waals surface area contributed by atoms with E-state index in [0.29, 0.717) is 16.5 Å². The summed E-state index contributed by atoms with van der Waals surface area (Å²) < 4.78 is 13.8. The predicted octanol–water partition coefficient (Wildman–Crippen LogP) is 4.64. The van der Waals surface area contributed by atoms with Crippen molar-refractivity contribution in [1.29, 1.82) is 0 Å². The molecule has 0 spiro atoms. The smallest absolute Gasteiger partial charge is 0.137 e. The summed E-state index contributed by atoms with van der Waals surface area (Å²) in [7, 11) is 0. The van der Waals surface area contributed by atoms with Crippen molar-refractivity contribution in [3.8, 4) is 0 Å². The molecule has 19 heavy (non-hydrogen) atoms. The van der Waals surface area contributed by atoms with Gasteiger partial charge >= 0.3 is 0 Å². The quantitative estimate of drug-likeness (QED) is 0.849. The average molecular weight is 323 g/mol. The van der Waals surface area contributed by atoms with Gasteiger partial charge in [-0.15, -0.1) is 0 Å². The Balaban J connectivity index is 1.87. The lowest BCUT2D eigenvalue weighted by Crippen LogP contribution is -1.99. The second-order valence-electron chi connectivity index (χ2n) is 4.57. The van der Waals surface area contributed by atoms with E-state index in [4.69, 9.17) is 0 Å². The minimum atomic E-state index is -0.605. The molecule has 1 N–H and O–H groups in total. The fraction of sp³-hybridized carbons (Fsp3) is 0.250. The van der Waals surface area contributed by atoms with E-state index in [0.717, 1.165) is 12.8 Å². The van der Waals surface area contributed by atoms with Crippen LogP contribution >= 0.6 is 15.9 Å². The fourth-order valence-corrected chi connectivity index (χ4v) is 2.28. The molecule has 1 atom stereocenters. The number of hydrogen-bond acceptors (Lipinski definition) is 1. The molecule has 2 rings (SSSR count). The van der Waals surface area contributed by atoms with Crippen molar-refractivity contribution in [1.82, 2.24) is 0 Å². The Morgan fingerprint density at radius 1 is 1.11 bits per heavy atom. The number of benzene rings is 2. The molecule has 0 amide bonds. The van der Waals surface area contributed by atoms with E-state index in [1.807, 2.05) is 18.2 Å². The highest BCUT2D eigenvalue weighted by molar-refractivity contribution is 9.10. The average Bonchev–Trinajstić information content (AvgIpc) is 2.43. The maximum Gasteiger partial charge on any atom is 0.137 e. The Morgan fingerprint density at radius 3 is 2.53 bits per heavy atom. The molecule has 0 aliphatic rings. The van der Waals surface area contributed by atoms with Crippen molar-refractivity contribution in [2.24, 2.45) is 0 Å². The van der Waals surface area contributed by atoms with Crippen LogP contribution in [0, 0.1) is 5.82 Å². The number of aliphatic hydroxyl groups excluding tert-OH is 1. The van der Waals surface area contributed by atoms with Gasteiger partial charge in [0, 0.05) is 0 Å². The van der Waals surface area contributed by atoms with E-state index in [-0.39, 0.29) is 5.82 Å². The molecule has 100 valence electrons. The first-order valence-corrected chi connectivity index (χ1v) is 7.13. The summed E-state index contributed by atoms with van der Waals surface area (Å²) in [6.07, 6.45) is 1.83. The van der Waals surface area contributed by atoms with Crippen LogP contribution < -0.4 is 0 Å². The minimum absolute atomic E-state index is 0.334. The van der Waals surface area contributed by atoms with Crippen LogP contribution in [0.3, 0.4) is 0 Å². The van der Waals surface area contributed by atoms with Crippen molar-refractivity contribution in [2.45, 2.75) is 25.4 Å². The van der Waals surface area contributed by atoms with Crippen LogP contribution in [-0.4, -0.2) is 5.11 Å². The lowest BCUT2D eigenvalue weighted by atomic mass is 10.0. The van der Waals surface area contributed by atoms with Gasteiger partial charge in [0.25, 0.3) is 0 Å². The highest BCUT2D eigenvalue weighted by atomic mass is 79.9. The molecule has 0 radical (unpaired) electrons. The monoisotopic (exact) mass is 322 g/mol. The molecule has 0 aliphatic heterocycles.